The van der Waals surface area contributed by atoms with E-state index in [-0.39, 0.29) is 5.78 Å². The third-order valence-electron chi connectivity index (χ3n) is 4.80. The predicted octanol–water partition coefficient (Wildman–Crippen LogP) is 6.07. The van der Waals surface area contributed by atoms with Crippen molar-refractivity contribution < 1.29 is 9.90 Å². The smallest absolute Gasteiger partial charge is 0.195 e. The van der Waals surface area contributed by atoms with Crippen LogP contribution in [-0.2, 0) is 0 Å². The minimum Gasteiger partial charge on any atom is -0.380 e. The van der Waals surface area contributed by atoms with Gasteiger partial charge in [-0.2, -0.15) is 0 Å². The summed E-state index contributed by atoms with van der Waals surface area (Å²) in [5, 5.41) is 10.4. The molecule has 0 spiro atoms. The summed E-state index contributed by atoms with van der Waals surface area (Å²) in [5.41, 5.74) is 4.07. The Labute approximate surface area is 170 Å². The molecule has 3 heteroatoms. The predicted molar refractivity (Wildman–Crippen MR) is 117 cm³/mol. The molecule has 0 radical (unpaired) electrons. The van der Waals surface area contributed by atoms with Gasteiger partial charge >= 0.3 is 0 Å². The summed E-state index contributed by atoms with van der Waals surface area (Å²) in [7, 11) is 0. The molecule has 4 aromatic rings. The first-order chi connectivity index (χ1) is 14.2. The zero-order valence-corrected chi connectivity index (χ0v) is 15.8. The maximum Gasteiger partial charge on any atom is 0.195 e. The number of ketones is 1. The van der Waals surface area contributed by atoms with Gasteiger partial charge in [0.05, 0.1) is 0 Å². The molecule has 3 nitrogen and oxygen atoms in total. The van der Waals surface area contributed by atoms with Crippen LogP contribution in [0.4, 0.5) is 17.1 Å². The molecule has 142 valence electrons. The van der Waals surface area contributed by atoms with Gasteiger partial charge in [-0.1, -0.05) is 66.7 Å². The second-order valence-corrected chi connectivity index (χ2v) is 6.73. The Bertz CT molecular complexity index is 1020. The first-order valence-corrected chi connectivity index (χ1v) is 9.51. The lowest BCUT2D eigenvalue weighted by Crippen LogP contribution is -2.13. The summed E-state index contributed by atoms with van der Waals surface area (Å²) in [6.07, 6.45) is -1.17. The number of benzene rings is 4. The van der Waals surface area contributed by atoms with Gasteiger partial charge in [0.2, 0.25) is 0 Å². The third-order valence-corrected chi connectivity index (χ3v) is 4.80. The van der Waals surface area contributed by atoms with Gasteiger partial charge in [0, 0.05) is 22.6 Å². The molecule has 1 N–H and O–H groups in total. The summed E-state index contributed by atoms with van der Waals surface area (Å²) >= 11 is 0. The second kappa shape index (κ2) is 8.55. The van der Waals surface area contributed by atoms with Crippen LogP contribution in [0.5, 0.6) is 0 Å². The molecule has 0 heterocycles. The van der Waals surface area contributed by atoms with Crippen molar-refractivity contribution in [2.75, 3.05) is 4.90 Å². The molecule has 0 saturated carbocycles. The lowest BCUT2D eigenvalue weighted by Gasteiger charge is -2.25. The van der Waals surface area contributed by atoms with E-state index in [2.05, 4.69) is 4.90 Å². The number of rotatable bonds is 6. The van der Waals surface area contributed by atoms with E-state index in [1.54, 1.807) is 24.3 Å². The Morgan fingerprint density at radius 2 is 1.00 bits per heavy atom. The van der Waals surface area contributed by atoms with Crippen molar-refractivity contribution in [3.05, 3.63) is 126 Å². The number of hydrogen-bond donors (Lipinski definition) is 1. The van der Waals surface area contributed by atoms with E-state index in [1.807, 2.05) is 91.0 Å². The average Bonchev–Trinajstić information content (AvgIpc) is 2.81. The molecule has 4 aromatic carbocycles. The van der Waals surface area contributed by atoms with Crippen LogP contribution < -0.4 is 4.90 Å². The molecule has 0 amide bonds. The highest BCUT2D eigenvalue weighted by Gasteiger charge is 2.19. The highest BCUT2D eigenvalue weighted by molar-refractivity contribution is 6.00. The molecular formula is C26H21NO2. The van der Waals surface area contributed by atoms with E-state index in [4.69, 9.17) is 0 Å². The fourth-order valence-corrected chi connectivity index (χ4v) is 3.32. The Morgan fingerprint density at radius 3 is 1.48 bits per heavy atom. The number of carbonyl (C=O) groups excluding carboxylic acids is 1. The summed E-state index contributed by atoms with van der Waals surface area (Å²) < 4.78 is 0. The van der Waals surface area contributed by atoms with Crippen LogP contribution in [0.2, 0.25) is 0 Å². The van der Waals surface area contributed by atoms with E-state index in [0.717, 1.165) is 17.1 Å². The maximum absolute atomic E-state index is 12.7. The number of anilines is 3. The minimum atomic E-state index is -1.17. The van der Waals surface area contributed by atoms with Crippen molar-refractivity contribution in [1.82, 2.24) is 0 Å². The van der Waals surface area contributed by atoms with Crippen molar-refractivity contribution in [2.24, 2.45) is 0 Å². The van der Waals surface area contributed by atoms with E-state index < -0.39 is 6.10 Å². The van der Waals surface area contributed by atoms with Crippen LogP contribution in [0.1, 0.15) is 22.0 Å². The monoisotopic (exact) mass is 379 g/mol. The molecule has 0 aromatic heterocycles. The summed E-state index contributed by atoms with van der Waals surface area (Å²) in [6, 6.07) is 36.5. The van der Waals surface area contributed by atoms with Gasteiger partial charge in [0.15, 0.2) is 5.78 Å². The quantitative estimate of drug-likeness (QED) is 0.413. The first-order valence-electron chi connectivity index (χ1n) is 9.51. The van der Waals surface area contributed by atoms with Crippen LogP contribution in [0.25, 0.3) is 0 Å². The molecule has 0 aliphatic rings. The molecule has 0 aliphatic carbocycles. The van der Waals surface area contributed by atoms with Crippen LogP contribution in [0.3, 0.4) is 0 Å². The molecule has 0 bridgehead atoms. The standard InChI is InChI=1S/C26H21NO2/c28-25(20-10-4-1-5-11-20)26(29)21-16-18-24(19-17-21)27(22-12-6-2-7-13-22)23-14-8-3-9-15-23/h1-19,25,28H. The van der Waals surface area contributed by atoms with Gasteiger partial charge in [-0.3, -0.25) is 4.79 Å². The largest absolute Gasteiger partial charge is 0.380 e. The number of aliphatic hydroxyl groups excluding tert-OH is 1. The minimum absolute atomic E-state index is 0.311. The van der Waals surface area contributed by atoms with Gasteiger partial charge in [-0.25, -0.2) is 0 Å². The van der Waals surface area contributed by atoms with Crippen LogP contribution in [0.15, 0.2) is 115 Å². The normalized spacial score (nSPS) is 11.6. The molecule has 1 unspecified atom stereocenters. The van der Waals surface area contributed by atoms with Gasteiger partial charge in [0.25, 0.3) is 0 Å². The number of nitrogens with zero attached hydrogens (tertiary/aromatic N) is 1. The van der Waals surface area contributed by atoms with Gasteiger partial charge in [-0.15, -0.1) is 0 Å². The molecule has 29 heavy (non-hydrogen) atoms. The highest BCUT2D eigenvalue weighted by Crippen LogP contribution is 2.34. The fourth-order valence-electron chi connectivity index (χ4n) is 3.32. The number of Topliss-reactive ketones (excluding diaryl/α,β-unsaturated/α-hetero) is 1. The number of aliphatic hydroxyl groups is 1. The van der Waals surface area contributed by atoms with Gasteiger partial charge in [-0.05, 0) is 54.1 Å². The van der Waals surface area contributed by atoms with Crippen molar-refractivity contribution in [3.63, 3.8) is 0 Å². The van der Waals surface area contributed by atoms with Crippen LogP contribution in [-0.4, -0.2) is 10.9 Å². The Morgan fingerprint density at radius 1 is 0.586 bits per heavy atom. The van der Waals surface area contributed by atoms with Crippen molar-refractivity contribution in [3.8, 4) is 0 Å². The topological polar surface area (TPSA) is 40.5 Å². The lowest BCUT2D eigenvalue weighted by atomic mass is 9.99. The Hall–Kier alpha value is -3.69. The molecule has 0 fully saturated rings. The third kappa shape index (κ3) is 4.10. The first kappa shape index (κ1) is 18.7. The van der Waals surface area contributed by atoms with Gasteiger partial charge < -0.3 is 10.0 Å². The molecule has 4 rings (SSSR count). The van der Waals surface area contributed by atoms with Crippen molar-refractivity contribution >= 4 is 22.8 Å². The zero-order valence-electron chi connectivity index (χ0n) is 15.8. The maximum atomic E-state index is 12.7. The van der Waals surface area contributed by atoms with E-state index >= 15 is 0 Å². The lowest BCUT2D eigenvalue weighted by molar-refractivity contribution is 0.0747. The van der Waals surface area contributed by atoms with Crippen molar-refractivity contribution in [1.29, 1.82) is 0 Å². The Balaban J connectivity index is 1.65. The summed E-state index contributed by atoms with van der Waals surface area (Å²) in [6.45, 7) is 0. The number of para-hydroxylation sites is 2. The fraction of sp³-hybridized carbons (Fsp3) is 0.0385. The average molecular weight is 379 g/mol. The molecular weight excluding hydrogens is 358 g/mol. The summed E-state index contributed by atoms with van der Waals surface area (Å²) in [5.74, 6) is -0.311. The number of hydrogen-bond acceptors (Lipinski definition) is 3. The van der Waals surface area contributed by atoms with E-state index in [1.165, 1.54) is 0 Å². The van der Waals surface area contributed by atoms with E-state index in [0.29, 0.717) is 11.1 Å². The van der Waals surface area contributed by atoms with Crippen molar-refractivity contribution in [2.45, 2.75) is 6.10 Å². The van der Waals surface area contributed by atoms with E-state index in [9.17, 15) is 9.90 Å². The van der Waals surface area contributed by atoms with Gasteiger partial charge in [0.1, 0.15) is 6.10 Å². The SMILES string of the molecule is O=C(c1ccc(N(c2ccccc2)c2ccccc2)cc1)C(O)c1ccccc1. The number of carbonyl (C=O) groups is 1. The zero-order chi connectivity index (χ0) is 20.1. The Kier molecular flexibility index (Phi) is 5.50. The second-order valence-electron chi connectivity index (χ2n) is 6.73. The van der Waals surface area contributed by atoms with Crippen LogP contribution >= 0.6 is 0 Å². The molecule has 1 atom stereocenters. The highest BCUT2D eigenvalue weighted by atomic mass is 16.3. The molecule has 0 aliphatic heterocycles. The van der Waals surface area contributed by atoms with Crippen LogP contribution in [0, 0.1) is 0 Å². The summed E-state index contributed by atoms with van der Waals surface area (Å²) in [4.78, 5) is 14.8. The molecule has 0 saturated heterocycles.